The summed E-state index contributed by atoms with van der Waals surface area (Å²) in [6.45, 7) is 5.91. The second kappa shape index (κ2) is 8.59. The molecule has 0 fully saturated rings. The lowest BCUT2D eigenvalue weighted by atomic mass is 9.77. The van der Waals surface area contributed by atoms with Crippen molar-refractivity contribution in [3.63, 3.8) is 0 Å². The Morgan fingerprint density at radius 3 is 2.68 bits per heavy atom. The summed E-state index contributed by atoms with van der Waals surface area (Å²) in [5.41, 5.74) is 3.67. The number of Topliss-reactive ketones (excluding diaryl/α,β-unsaturated/α-hetero) is 1. The highest BCUT2D eigenvalue weighted by atomic mass is 35.5. The van der Waals surface area contributed by atoms with Gasteiger partial charge in [-0.2, -0.15) is 0 Å². The van der Waals surface area contributed by atoms with Crippen LogP contribution in [0.3, 0.4) is 0 Å². The van der Waals surface area contributed by atoms with Crippen LogP contribution in [-0.4, -0.2) is 24.8 Å². The van der Waals surface area contributed by atoms with E-state index in [-0.39, 0.29) is 11.6 Å². The summed E-state index contributed by atoms with van der Waals surface area (Å²) in [5.74, 6) is -1.04. The van der Waals surface area contributed by atoms with Gasteiger partial charge in [-0.25, -0.2) is 0 Å². The molecule has 2 atom stereocenters. The van der Waals surface area contributed by atoms with E-state index in [0.717, 1.165) is 28.7 Å². The molecule has 1 aromatic carbocycles. The zero-order chi connectivity index (χ0) is 18.6. The van der Waals surface area contributed by atoms with Gasteiger partial charge in [0, 0.05) is 12.1 Å². The Labute approximate surface area is 154 Å². The average Bonchev–Trinajstić information content (AvgIpc) is 2.58. The van der Waals surface area contributed by atoms with Crippen molar-refractivity contribution in [2.24, 2.45) is 5.92 Å². The largest absolute Gasteiger partial charge is 0.380 e. The number of ketones is 2. The third-order valence-corrected chi connectivity index (χ3v) is 5.13. The molecule has 1 aromatic rings. The zero-order valence-electron chi connectivity index (χ0n) is 15.3. The Morgan fingerprint density at radius 1 is 1.36 bits per heavy atom. The third-order valence-electron chi connectivity index (χ3n) is 4.71. The maximum Gasteiger partial charge on any atom is 0.172 e. The molecule has 0 saturated carbocycles. The highest BCUT2D eigenvalue weighted by Crippen LogP contribution is 2.32. The van der Waals surface area contributed by atoms with Crippen molar-refractivity contribution in [2.45, 2.75) is 46.1 Å². The van der Waals surface area contributed by atoms with Crippen LogP contribution in [0.25, 0.3) is 6.08 Å². The van der Waals surface area contributed by atoms with Gasteiger partial charge in [-0.3, -0.25) is 9.59 Å². The number of carbonyl (C=O) groups excluding carboxylic acids is 2. The normalized spacial score (nSPS) is 21.2. The molecule has 25 heavy (non-hydrogen) atoms. The number of benzene rings is 1. The fraction of sp³-hybridized carbons (Fsp3) is 0.429. The summed E-state index contributed by atoms with van der Waals surface area (Å²) in [5, 5.41) is 0.690. The van der Waals surface area contributed by atoms with Crippen molar-refractivity contribution in [3.05, 3.63) is 51.6 Å². The first-order valence-corrected chi connectivity index (χ1v) is 9.00. The van der Waals surface area contributed by atoms with Crippen LogP contribution in [0, 0.1) is 12.8 Å². The zero-order valence-corrected chi connectivity index (χ0v) is 16.0. The Hall–Kier alpha value is -1.71. The van der Waals surface area contributed by atoms with Gasteiger partial charge in [-0.05, 0) is 55.5 Å². The molecule has 1 aliphatic carbocycles. The summed E-state index contributed by atoms with van der Waals surface area (Å²) in [4.78, 5) is 25.6. The number of allylic oxidation sites excluding steroid dienone is 2. The van der Waals surface area contributed by atoms with Gasteiger partial charge in [0.1, 0.15) is 5.92 Å². The molecule has 2 unspecified atom stereocenters. The molecule has 0 N–H and O–H groups in total. The minimum Gasteiger partial charge on any atom is -0.380 e. The molecule has 0 aliphatic heterocycles. The van der Waals surface area contributed by atoms with Crippen LogP contribution in [-0.2, 0) is 14.3 Å². The Balaban J connectivity index is 2.25. The van der Waals surface area contributed by atoms with Crippen LogP contribution in [0.15, 0.2) is 35.4 Å². The number of ether oxygens (including phenoxy) is 1. The fourth-order valence-corrected chi connectivity index (χ4v) is 3.40. The molecule has 0 heterocycles. The van der Waals surface area contributed by atoms with Crippen LogP contribution in [0.2, 0.25) is 5.02 Å². The molecule has 2 rings (SSSR count). The number of hydrogen-bond acceptors (Lipinski definition) is 3. The molecule has 0 spiro atoms. The number of carbonyl (C=O) groups is 2. The van der Waals surface area contributed by atoms with E-state index >= 15 is 0 Å². The van der Waals surface area contributed by atoms with E-state index in [9.17, 15) is 9.59 Å². The lowest BCUT2D eigenvalue weighted by Gasteiger charge is -2.30. The number of hydrogen-bond donors (Lipinski definition) is 0. The number of methoxy groups -OCH3 is 1. The summed E-state index contributed by atoms with van der Waals surface area (Å²) >= 11 is 6.02. The summed E-state index contributed by atoms with van der Waals surface area (Å²) < 4.78 is 5.45. The van der Waals surface area contributed by atoms with Crippen molar-refractivity contribution in [1.82, 2.24) is 0 Å². The van der Waals surface area contributed by atoms with Crippen LogP contribution in [0.1, 0.15) is 44.2 Å². The monoisotopic (exact) mass is 360 g/mol. The second-order valence-electron chi connectivity index (χ2n) is 6.57. The van der Waals surface area contributed by atoms with E-state index in [1.165, 1.54) is 6.08 Å². The lowest BCUT2D eigenvalue weighted by molar-refractivity contribution is -0.134. The third kappa shape index (κ3) is 4.47. The van der Waals surface area contributed by atoms with Crippen molar-refractivity contribution in [3.8, 4) is 0 Å². The lowest BCUT2D eigenvalue weighted by Crippen LogP contribution is -2.40. The first-order valence-electron chi connectivity index (χ1n) is 8.62. The topological polar surface area (TPSA) is 43.4 Å². The molecule has 4 heteroatoms. The van der Waals surface area contributed by atoms with Crippen LogP contribution in [0.5, 0.6) is 0 Å². The molecular weight excluding hydrogens is 336 g/mol. The molecule has 0 radical (unpaired) electrons. The summed E-state index contributed by atoms with van der Waals surface area (Å²) in [6, 6.07) is 5.56. The van der Waals surface area contributed by atoms with Gasteiger partial charge in [0.15, 0.2) is 11.6 Å². The van der Waals surface area contributed by atoms with Gasteiger partial charge >= 0.3 is 0 Å². The minimum atomic E-state index is -0.750. The predicted octanol–water partition coefficient (Wildman–Crippen LogP) is 4.95. The molecule has 0 bridgehead atoms. The molecule has 1 aliphatic rings. The van der Waals surface area contributed by atoms with Crippen LogP contribution >= 0.6 is 11.6 Å². The molecular formula is C21H25ClO3. The first-order chi connectivity index (χ1) is 11.9. The first kappa shape index (κ1) is 19.6. The molecule has 0 amide bonds. The van der Waals surface area contributed by atoms with E-state index in [0.29, 0.717) is 17.9 Å². The van der Waals surface area contributed by atoms with E-state index in [2.05, 4.69) is 0 Å². The smallest absolute Gasteiger partial charge is 0.172 e. The highest BCUT2D eigenvalue weighted by molar-refractivity contribution is 6.31. The SMILES string of the molecule is CCCC1=C(C)CC(OC)C(C(=O)/C=C/c2ccc(Cl)c(C)c2)C1=O. The second-order valence-corrected chi connectivity index (χ2v) is 6.98. The van der Waals surface area contributed by atoms with Crippen LogP contribution < -0.4 is 0 Å². The Bertz CT molecular complexity index is 731. The standard InChI is InChI=1S/C21H25ClO3/c1-5-6-16-13(2)12-19(25-4)20(21(16)24)18(23)10-8-15-7-9-17(22)14(3)11-15/h7-11,19-20H,5-6,12H2,1-4H3/b10-8+. The summed E-state index contributed by atoms with van der Waals surface area (Å²) in [6.07, 6.45) is 5.05. The summed E-state index contributed by atoms with van der Waals surface area (Å²) in [7, 11) is 1.56. The van der Waals surface area contributed by atoms with Crippen molar-refractivity contribution < 1.29 is 14.3 Å². The van der Waals surface area contributed by atoms with Crippen molar-refractivity contribution >= 4 is 29.2 Å². The average molecular weight is 361 g/mol. The van der Waals surface area contributed by atoms with Gasteiger partial charge < -0.3 is 4.74 Å². The Kier molecular flexibility index (Phi) is 6.74. The molecule has 0 saturated heterocycles. The quantitative estimate of drug-likeness (QED) is 0.532. The number of halogens is 1. The van der Waals surface area contributed by atoms with Gasteiger partial charge in [0.25, 0.3) is 0 Å². The molecule has 134 valence electrons. The maximum absolute atomic E-state index is 12.8. The van der Waals surface area contributed by atoms with Gasteiger partial charge in [-0.15, -0.1) is 0 Å². The highest BCUT2D eigenvalue weighted by Gasteiger charge is 2.39. The van der Waals surface area contributed by atoms with Gasteiger partial charge in [0.2, 0.25) is 0 Å². The van der Waals surface area contributed by atoms with E-state index < -0.39 is 12.0 Å². The predicted molar refractivity (Wildman–Crippen MR) is 102 cm³/mol. The van der Waals surface area contributed by atoms with E-state index in [1.807, 2.05) is 32.9 Å². The van der Waals surface area contributed by atoms with E-state index in [4.69, 9.17) is 16.3 Å². The van der Waals surface area contributed by atoms with Crippen molar-refractivity contribution in [2.75, 3.05) is 7.11 Å². The fourth-order valence-electron chi connectivity index (χ4n) is 3.28. The maximum atomic E-state index is 12.8. The van der Waals surface area contributed by atoms with E-state index in [1.54, 1.807) is 19.3 Å². The van der Waals surface area contributed by atoms with Crippen molar-refractivity contribution in [1.29, 1.82) is 0 Å². The molecule has 3 nitrogen and oxygen atoms in total. The van der Waals surface area contributed by atoms with Crippen LogP contribution in [0.4, 0.5) is 0 Å². The number of rotatable bonds is 6. The Morgan fingerprint density at radius 2 is 2.08 bits per heavy atom. The molecule has 0 aromatic heterocycles. The number of aryl methyl sites for hydroxylation is 1. The van der Waals surface area contributed by atoms with Gasteiger partial charge in [-0.1, -0.05) is 48.7 Å². The van der Waals surface area contributed by atoms with Gasteiger partial charge in [0.05, 0.1) is 6.10 Å². The minimum absolute atomic E-state index is 0.0839.